The molecule has 7 heteroatoms. The normalized spacial score (nSPS) is 21.0. The number of nitrogens with zero attached hydrogens (tertiary/aromatic N) is 2. The molecule has 1 saturated heterocycles. The Morgan fingerprint density at radius 2 is 2.18 bits per heavy atom. The third kappa shape index (κ3) is 3.48. The number of amides is 1. The lowest BCUT2D eigenvalue weighted by Crippen LogP contribution is -2.28. The maximum Gasteiger partial charge on any atom is 0.255 e. The highest BCUT2D eigenvalue weighted by Crippen LogP contribution is 2.20. The van der Waals surface area contributed by atoms with E-state index in [-0.39, 0.29) is 23.8 Å². The molecule has 2 aromatic rings. The topological polar surface area (TPSA) is 79.9 Å². The Balaban J connectivity index is 1.59. The van der Waals surface area contributed by atoms with E-state index in [9.17, 15) is 9.18 Å². The molecule has 0 spiro atoms. The van der Waals surface area contributed by atoms with Crippen molar-refractivity contribution in [3.05, 3.63) is 41.5 Å². The maximum atomic E-state index is 12.9. The van der Waals surface area contributed by atoms with Gasteiger partial charge in [0, 0.05) is 6.42 Å². The van der Waals surface area contributed by atoms with Crippen LogP contribution in [0.5, 0.6) is 0 Å². The number of rotatable bonds is 4. The summed E-state index contributed by atoms with van der Waals surface area (Å²) >= 11 is 0. The van der Waals surface area contributed by atoms with Gasteiger partial charge >= 0.3 is 0 Å². The van der Waals surface area contributed by atoms with Gasteiger partial charge in [-0.3, -0.25) is 15.2 Å². The van der Waals surface area contributed by atoms with E-state index < -0.39 is 6.10 Å². The van der Waals surface area contributed by atoms with E-state index >= 15 is 0 Å². The number of halogens is 1. The van der Waals surface area contributed by atoms with Gasteiger partial charge in [0.25, 0.3) is 5.91 Å². The van der Waals surface area contributed by atoms with Crippen LogP contribution < -0.4 is 5.32 Å². The fourth-order valence-electron chi connectivity index (χ4n) is 2.41. The summed E-state index contributed by atoms with van der Waals surface area (Å²) in [5, 5.41) is 9.37. The molecule has 116 valence electrons. The molecule has 0 unspecified atom stereocenters. The lowest BCUT2D eigenvalue weighted by Gasteiger charge is -2.09. The van der Waals surface area contributed by atoms with Crippen molar-refractivity contribution in [3.8, 4) is 0 Å². The molecule has 1 aliphatic heterocycles. The smallest absolute Gasteiger partial charge is 0.255 e. The molecule has 0 saturated carbocycles. The highest BCUT2D eigenvalue weighted by Gasteiger charge is 2.28. The summed E-state index contributed by atoms with van der Waals surface area (Å²) in [5.74, 6) is 0.324. The zero-order valence-corrected chi connectivity index (χ0v) is 12.2. The molecular formula is C15H17FN4O2. The Bertz CT molecular complexity index is 656. The minimum Gasteiger partial charge on any atom is -0.365 e. The maximum absolute atomic E-state index is 12.9. The van der Waals surface area contributed by atoms with Crippen LogP contribution in [0.3, 0.4) is 0 Å². The molecule has 3 rings (SSSR count). The molecule has 22 heavy (non-hydrogen) atoms. The first kappa shape index (κ1) is 14.6. The summed E-state index contributed by atoms with van der Waals surface area (Å²) in [4.78, 5) is 16.2. The molecule has 0 radical (unpaired) electrons. The average Bonchev–Trinajstić information content (AvgIpc) is 3.11. The van der Waals surface area contributed by atoms with Gasteiger partial charge < -0.3 is 4.74 Å². The van der Waals surface area contributed by atoms with Crippen molar-refractivity contribution >= 4 is 11.9 Å². The first-order valence-electron chi connectivity index (χ1n) is 7.22. The van der Waals surface area contributed by atoms with E-state index in [0.717, 1.165) is 12.0 Å². The second kappa shape index (κ2) is 6.23. The van der Waals surface area contributed by atoms with Crippen molar-refractivity contribution in [2.45, 2.75) is 38.4 Å². The van der Waals surface area contributed by atoms with E-state index in [1.54, 1.807) is 12.1 Å². The van der Waals surface area contributed by atoms with Crippen molar-refractivity contribution in [1.82, 2.24) is 15.2 Å². The predicted octanol–water partition coefficient (Wildman–Crippen LogP) is 2.04. The van der Waals surface area contributed by atoms with Gasteiger partial charge in [0.1, 0.15) is 17.7 Å². The number of benzene rings is 1. The van der Waals surface area contributed by atoms with Gasteiger partial charge in [-0.2, -0.15) is 4.98 Å². The summed E-state index contributed by atoms with van der Waals surface area (Å²) in [7, 11) is 0. The number of nitrogens with one attached hydrogen (secondary N) is 2. The van der Waals surface area contributed by atoms with Gasteiger partial charge in [-0.25, -0.2) is 4.39 Å². The van der Waals surface area contributed by atoms with Crippen LogP contribution in [0.15, 0.2) is 24.3 Å². The lowest BCUT2D eigenvalue weighted by molar-refractivity contribution is -0.126. The van der Waals surface area contributed by atoms with E-state index in [1.165, 1.54) is 12.1 Å². The second-order valence-electron chi connectivity index (χ2n) is 5.41. The van der Waals surface area contributed by atoms with Gasteiger partial charge in [0.15, 0.2) is 0 Å². The summed E-state index contributed by atoms with van der Waals surface area (Å²) in [6, 6.07) is 6.16. The van der Waals surface area contributed by atoms with Crippen LogP contribution in [0.25, 0.3) is 0 Å². The first-order chi connectivity index (χ1) is 10.6. The second-order valence-corrected chi connectivity index (χ2v) is 5.41. The third-order valence-corrected chi connectivity index (χ3v) is 3.58. The summed E-state index contributed by atoms with van der Waals surface area (Å²) in [6.07, 6.45) is 1.74. The zero-order valence-electron chi connectivity index (χ0n) is 12.2. The van der Waals surface area contributed by atoms with Crippen molar-refractivity contribution < 1.29 is 13.9 Å². The van der Waals surface area contributed by atoms with Crippen molar-refractivity contribution in [3.63, 3.8) is 0 Å². The SMILES string of the molecule is C[C@H]1CC[C@H](C(=O)Nc2n[nH]c(Cc3ccc(F)cc3)n2)O1. The van der Waals surface area contributed by atoms with Crippen LogP contribution in [0.1, 0.15) is 31.2 Å². The van der Waals surface area contributed by atoms with Crippen molar-refractivity contribution in [2.75, 3.05) is 5.32 Å². The Hall–Kier alpha value is -2.28. The minimum absolute atomic E-state index is 0.108. The highest BCUT2D eigenvalue weighted by molar-refractivity contribution is 5.92. The molecule has 0 aliphatic carbocycles. The van der Waals surface area contributed by atoms with Gasteiger partial charge in [-0.15, -0.1) is 5.10 Å². The summed E-state index contributed by atoms with van der Waals surface area (Å²) in [6.45, 7) is 1.95. The number of H-pyrrole nitrogens is 1. The number of hydrogen-bond donors (Lipinski definition) is 2. The molecule has 1 aromatic heterocycles. The van der Waals surface area contributed by atoms with Gasteiger partial charge in [0.2, 0.25) is 5.95 Å². The van der Waals surface area contributed by atoms with Crippen molar-refractivity contribution in [1.29, 1.82) is 0 Å². The molecule has 1 amide bonds. The van der Waals surface area contributed by atoms with Crippen LogP contribution in [0.2, 0.25) is 0 Å². The minimum atomic E-state index is -0.436. The largest absolute Gasteiger partial charge is 0.365 e. The predicted molar refractivity (Wildman–Crippen MR) is 77.8 cm³/mol. The number of hydrogen-bond acceptors (Lipinski definition) is 4. The Kier molecular flexibility index (Phi) is 4.15. The molecule has 2 atom stereocenters. The number of aromatic nitrogens is 3. The molecule has 2 N–H and O–H groups in total. The first-order valence-corrected chi connectivity index (χ1v) is 7.22. The number of anilines is 1. The molecule has 6 nitrogen and oxygen atoms in total. The lowest BCUT2D eigenvalue weighted by atomic mass is 10.1. The number of carbonyl (C=O) groups excluding carboxylic acids is 1. The Morgan fingerprint density at radius 1 is 1.41 bits per heavy atom. The average molecular weight is 304 g/mol. The number of ether oxygens (including phenoxy) is 1. The summed E-state index contributed by atoms with van der Waals surface area (Å²) < 4.78 is 18.3. The molecule has 1 aromatic carbocycles. The van der Waals surface area contributed by atoms with Crippen molar-refractivity contribution in [2.24, 2.45) is 0 Å². The molecular weight excluding hydrogens is 287 g/mol. The zero-order chi connectivity index (χ0) is 15.5. The Labute approximate surface area is 127 Å². The highest BCUT2D eigenvalue weighted by atomic mass is 19.1. The van der Waals surface area contributed by atoms with Crippen LogP contribution in [0.4, 0.5) is 10.3 Å². The van der Waals surface area contributed by atoms with E-state index in [2.05, 4.69) is 20.5 Å². The number of carbonyl (C=O) groups is 1. The number of aromatic amines is 1. The fraction of sp³-hybridized carbons (Fsp3) is 0.400. The van der Waals surface area contributed by atoms with Crippen LogP contribution >= 0.6 is 0 Å². The van der Waals surface area contributed by atoms with Gasteiger partial charge in [-0.1, -0.05) is 12.1 Å². The monoisotopic (exact) mass is 304 g/mol. The van der Waals surface area contributed by atoms with Crippen LogP contribution in [-0.4, -0.2) is 33.3 Å². The molecule has 0 bridgehead atoms. The standard InChI is InChI=1S/C15H17FN4O2/c1-9-2-7-12(22-9)14(21)18-15-17-13(19-20-15)8-10-3-5-11(16)6-4-10/h3-6,9,12H,2,7-8H2,1H3,(H2,17,18,19,20,21)/t9-,12+/m0/s1. The van der Waals surface area contributed by atoms with Gasteiger partial charge in [-0.05, 0) is 37.5 Å². The molecule has 2 heterocycles. The van der Waals surface area contributed by atoms with E-state index in [4.69, 9.17) is 4.74 Å². The van der Waals surface area contributed by atoms with E-state index in [0.29, 0.717) is 18.7 Å². The van der Waals surface area contributed by atoms with E-state index in [1.807, 2.05) is 6.92 Å². The molecule has 1 fully saturated rings. The third-order valence-electron chi connectivity index (χ3n) is 3.58. The quantitative estimate of drug-likeness (QED) is 0.906. The summed E-state index contributed by atoms with van der Waals surface area (Å²) in [5.41, 5.74) is 0.906. The van der Waals surface area contributed by atoms with Gasteiger partial charge in [0.05, 0.1) is 6.10 Å². The van der Waals surface area contributed by atoms with Crippen LogP contribution in [-0.2, 0) is 16.0 Å². The fourth-order valence-corrected chi connectivity index (χ4v) is 2.41. The molecule has 1 aliphatic rings. The van der Waals surface area contributed by atoms with Crippen LogP contribution in [0, 0.1) is 5.82 Å². The Morgan fingerprint density at radius 3 is 2.86 bits per heavy atom.